The van der Waals surface area contributed by atoms with E-state index in [-0.39, 0.29) is 0 Å². The molecule has 0 fully saturated rings. The molecule has 0 atom stereocenters. The Labute approximate surface area is 367 Å². The Morgan fingerprint density at radius 1 is 0.281 bits per heavy atom. The van der Waals surface area contributed by atoms with Gasteiger partial charge in [-0.1, -0.05) is 152 Å². The van der Waals surface area contributed by atoms with Gasteiger partial charge in [-0.15, -0.1) is 0 Å². The molecule has 10 aromatic carbocycles. The molecular weight excluding hydrogens is 779 g/mol. The van der Waals surface area contributed by atoms with Crippen molar-refractivity contribution >= 4 is 87.4 Å². The highest BCUT2D eigenvalue weighted by atomic mass is 16.3. The lowest BCUT2D eigenvalue weighted by molar-refractivity contribution is 0.670. The molecule has 14 aromatic rings. The van der Waals surface area contributed by atoms with Crippen LogP contribution in [0.1, 0.15) is 0 Å². The molecule has 64 heavy (non-hydrogen) atoms. The molecule has 4 heteroatoms. The van der Waals surface area contributed by atoms with E-state index in [1.165, 1.54) is 65.5 Å². The van der Waals surface area contributed by atoms with Gasteiger partial charge in [0.15, 0.2) is 0 Å². The van der Waals surface area contributed by atoms with Crippen LogP contribution in [0.4, 0.5) is 0 Å². The highest BCUT2D eigenvalue weighted by Crippen LogP contribution is 2.44. The lowest BCUT2D eigenvalue weighted by Gasteiger charge is -2.14. The molecular formula is C60H37N3O. The Bertz CT molecular complexity index is 4130. The van der Waals surface area contributed by atoms with Gasteiger partial charge in [0, 0.05) is 54.6 Å². The van der Waals surface area contributed by atoms with Crippen molar-refractivity contribution < 1.29 is 4.42 Å². The van der Waals surface area contributed by atoms with Crippen LogP contribution in [0.25, 0.3) is 127 Å². The van der Waals surface area contributed by atoms with Crippen LogP contribution in [0.3, 0.4) is 0 Å². The van der Waals surface area contributed by atoms with Crippen molar-refractivity contribution in [1.82, 2.24) is 13.7 Å². The number of fused-ring (bicyclic) bond motifs is 12. The Kier molecular flexibility index (Phi) is 7.36. The van der Waals surface area contributed by atoms with Crippen LogP contribution < -0.4 is 0 Å². The monoisotopic (exact) mass is 815 g/mol. The summed E-state index contributed by atoms with van der Waals surface area (Å²) in [6, 6.07) is 81.4. The van der Waals surface area contributed by atoms with Gasteiger partial charge in [-0.25, -0.2) is 0 Å². The molecule has 0 aliphatic heterocycles. The summed E-state index contributed by atoms with van der Waals surface area (Å²) in [5.41, 5.74) is 16.7. The maximum atomic E-state index is 6.86. The van der Waals surface area contributed by atoms with Crippen molar-refractivity contribution in [2.75, 3.05) is 0 Å². The molecule has 0 amide bonds. The minimum absolute atomic E-state index is 0.874. The lowest BCUT2D eigenvalue weighted by atomic mass is 9.98. The summed E-state index contributed by atoms with van der Waals surface area (Å²) in [4.78, 5) is 0. The van der Waals surface area contributed by atoms with Gasteiger partial charge in [0.05, 0.1) is 44.2 Å². The van der Waals surface area contributed by atoms with Crippen molar-refractivity contribution in [2.45, 2.75) is 0 Å². The van der Waals surface area contributed by atoms with Crippen LogP contribution in [0.5, 0.6) is 0 Å². The van der Waals surface area contributed by atoms with E-state index in [1.54, 1.807) is 0 Å². The molecule has 0 spiro atoms. The van der Waals surface area contributed by atoms with Crippen LogP contribution >= 0.6 is 0 Å². The highest BCUT2D eigenvalue weighted by molar-refractivity contribution is 6.18. The van der Waals surface area contributed by atoms with Gasteiger partial charge in [-0.3, -0.25) is 0 Å². The molecule has 298 valence electrons. The van der Waals surface area contributed by atoms with E-state index >= 15 is 0 Å². The second-order valence-electron chi connectivity index (χ2n) is 16.9. The van der Waals surface area contributed by atoms with Crippen LogP contribution in [0.15, 0.2) is 229 Å². The number of furan rings is 1. The topological polar surface area (TPSA) is 27.9 Å². The quantitative estimate of drug-likeness (QED) is 0.170. The van der Waals surface area contributed by atoms with Gasteiger partial charge in [0.25, 0.3) is 0 Å². The average Bonchev–Trinajstić information content (AvgIpc) is 4.11. The van der Waals surface area contributed by atoms with Crippen molar-refractivity contribution in [3.05, 3.63) is 224 Å². The van der Waals surface area contributed by atoms with E-state index in [4.69, 9.17) is 4.42 Å². The third-order valence-corrected chi connectivity index (χ3v) is 13.5. The first kappa shape index (κ1) is 35.0. The molecule has 14 rings (SSSR count). The maximum absolute atomic E-state index is 6.86. The number of para-hydroxylation sites is 5. The maximum Gasteiger partial charge on any atom is 0.145 e. The third-order valence-electron chi connectivity index (χ3n) is 13.5. The van der Waals surface area contributed by atoms with Crippen LogP contribution in [0.2, 0.25) is 0 Å². The summed E-state index contributed by atoms with van der Waals surface area (Å²) >= 11 is 0. The summed E-state index contributed by atoms with van der Waals surface area (Å²) in [5.74, 6) is 0. The van der Waals surface area contributed by atoms with Gasteiger partial charge in [0.1, 0.15) is 11.2 Å². The van der Waals surface area contributed by atoms with E-state index in [2.05, 4.69) is 238 Å². The van der Waals surface area contributed by atoms with Crippen LogP contribution in [-0.4, -0.2) is 13.7 Å². The van der Waals surface area contributed by atoms with Gasteiger partial charge < -0.3 is 18.1 Å². The molecule has 4 nitrogen and oxygen atoms in total. The second-order valence-corrected chi connectivity index (χ2v) is 16.9. The summed E-state index contributed by atoms with van der Waals surface area (Å²) in [7, 11) is 0. The zero-order valence-electron chi connectivity index (χ0n) is 34.6. The number of hydrogen-bond acceptors (Lipinski definition) is 1. The van der Waals surface area contributed by atoms with Gasteiger partial charge in [-0.05, 0) is 89.5 Å². The second kappa shape index (κ2) is 13.4. The lowest BCUT2D eigenvalue weighted by Crippen LogP contribution is -1.98. The molecule has 0 bridgehead atoms. The van der Waals surface area contributed by atoms with E-state index in [0.29, 0.717) is 0 Å². The van der Waals surface area contributed by atoms with Gasteiger partial charge in [0.2, 0.25) is 0 Å². The molecule has 0 aliphatic carbocycles. The van der Waals surface area contributed by atoms with E-state index in [1.807, 2.05) is 0 Å². The Hall–Kier alpha value is -8.60. The van der Waals surface area contributed by atoms with Crippen molar-refractivity contribution in [2.24, 2.45) is 0 Å². The summed E-state index contributed by atoms with van der Waals surface area (Å²) in [5, 5.41) is 9.57. The molecule has 4 heterocycles. The van der Waals surface area contributed by atoms with E-state index in [9.17, 15) is 0 Å². The first-order chi connectivity index (χ1) is 31.8. The minimum Gasteiger partial charge on any atom is -0.455 e. The predicted molar refractivity (Wildman–Crippen MR) is 268 cm³/mol. The molecule has 0 N–H and O–H groups in total. The molecule has 4 aromatic heterocycles. The zero-order valence-corrected chi connectivity index (χ0v) is 34.6. The van der Waals surface area contributed by atoms with Gasteiger partial charge in [-0.2, -0.15) is 0 Å². The fraction of sp³-hybridized carbons (Fsp3) is 0. The van der Waals surface area contributed by atoms with E-state index in [0.717, 1.165) is 61.2 Å². The number of rotatable bonds is 5. The number of aromatic nitrogens is 3. The smallest absolute Gasteiger partial charge is 0.145 e. The van der Waals surface area contributed by atoms with Gasteiger partial charge >= 0.3 is 0 Å². The molecule has 0 aliphatic rings. The predicted octanol–water partition coefficient (Wildman–Crippen LogP) is 16.2. The summed E-state index contributed by atoms with van der Waals surface area (Å²) < 4.78 is 14.2. The highest BCUT2D eigenvalue weighted by Gasteiger charge is 2.22. The number of nitrogens with zero attached hydrogens (tertiary/aromatic N) is 3. The fourth-order valence-electron chi connectivity index (χ4n) is 10.6. The number of benzene rings is 10. The minimum atomic E-state index is 0.874. The Balaban J connectivity index is 0.989. The number of hydrogen-bond donors (Lipinski definition) is 0. The van der Waals surface area contributed by atoms with Crippen LogP contribution in [0, 0.1) is 0 Å². The molecule has 0 saturated heterocycles. The normalized spacial score (nSPS) is 12.1. The summed E-state index contributed by atoms with van der Waals surface area (Å²) in [6.07, 6.45) is 0. The van der Waals surface area contributed by atoms with Crippen molar-refractivity contribution in [1.29, 1.82) is 0 Å². The summed E-state index contributed by atoms with van der Waals surface area (Å²) in [6.45, 7) is 0. The van der Waals surface area contributed by atoms with E-state index < -0.39 is 0 Å². The molecule has 0 unspecified atom stereocenters. The van der Waals surface area contributed by atoms with Crippen molar-refractivity contribution in [3.8, 4) is 39.3 Å². The first-order valence-corrected chi connectivity index (χ1v) is 21.9. The average molecular weight is 816 g/mol. The van der Waals surface area contributed by atoms with Crippen LogP contribution in [-0.2, 0) is 0 Å². The zero-order chi connectivity index (χ0) is 41.9. The fourth-order valence-corrected chi connectivity index (χ4v) is 10.6. The molecule has 0 saturated carbocycles. The standard InChI is InChI=1S/C60H37N3O/c1-2-14-38(15-3-1)39-26-28-40(29-27-39)43-33-35-56(59-49-20-8-13-25-58(49)64-60(43)59)63-54-24-12-6-18-46(54)48-32-30-42(37-57(48)63)62-53-23-11-7-19-47(53)50-36-41(31-34-55(50)62)61-51-21-9-4-16-44(51)45-17-5-10-22-52(45)61/h1-37H. The third kappa shape index (κ3) is 4.99. The largest absolute Gasteiger partial charge is 0.455 e. The SMILES string of the molecule is c1ccc(-c2ccc(-c3ccc(-n4c5ccccc5c5ccc(-n6c7ccccc7c7cc(-n8c9ccccc9c9ccccc98)ccc76)cc54)c4c3oc3ccccc34)cc2)cc1. The first-order valence-electron chi connectivity index (χ1n) is 21.9. The van der Waals surface area contributed by atoms with Crippen molar-refractivity contribution in [3.63, 3.8) is 0 Å². The Morgan fingerprint density at radius 3 is 1.41 bits per heavy atom. The Morgan fingerprint density at radius 2 is 0.750 bits per heavy atom. The molecule has 0 radical (unpaired) electrons.